The van der Waals surface area contributed by atoms with Crippen LogP contribution in [0.4, 0.5) is 0 Å². The summed E-state index contributed by atoms with van der Waals surface area (Å²) in [6.45, 7) is 7.67. The van der Waals surface area contributed by atoms with Gasteiger partial charge in [0.2, 0.25) is 0 Å². The van der Waals surface area contributed by atoms with Gasteiger partial charge in [0.25, 0.3) is 0 Å². The highest BCUT2D eigenvalue weighted by atomic mass is 15.2. The minimum Gasteiger partial charge on any atom is -0.337 e. The second-order valence-corrected chi connectivity index (χ2v) is 5.36. The lowest BCUT2D eigenvalue weighted by atomic mass is 9.81. The van der Waals surface area contributed by atoms with Gasteiger partial charge >= 0.3 is 0 Å². The molecule has 0 saturated heterocycles. The zero-order valence-corrected chi connectivity index (χ0v) is 12.5. The molecule has 0 radical (unpaired) electrons. The van der Waals surface area contributed by atoms with Crippen molar-refractivity contribution in [3.05, 3.63) is 18.2 Å². The summed E-state index contributed by atoms with van der Waals surface area (Å²) in [5.74, 6) is 1.13. The van der Waals surface area contributed by atoms with Gasteiger partial charge in [-0.25, -0.2) is 4.98 Å². The Kier molecular flexibility index (Phi) is 5.82. The lowest BCUT2D eigenvalue weighted by molar-refractivity contribution is 0.150. The molecular formula is C14H28N4. The van der Waals surface area contributed by atoms with Gasteiger partial charge in [0, 0.05) is 32.5 Å². The van der Waals surface area contributed by atoms with E-state index in [2.05, 4.69) is 47.7 Å². The average molecular weight is 252 g/mol. The SMILES string of the molecule is CCC(CC)(CNC)CN(C)Cc1nccn1C. The molecule has 0 atom stereocenters. The molecule has 0 aromatic carbocycles. The molecule has 0 aliphatic carbocycles. The predicted octanol–water partition coefficient (Wildman–Crippen LogP) is 1.88. The Morgan fingerprint density at radius 2 is 2.06 bits per heavy atom. The standard InChI is InChI=1S/C14H28N4/c1-6-14(7-2,11-15-3)12-17(4)10-13-16-8-9-18(13)5/h8-9,15H,6-7,10-12H2,1-5H3. The third-order valence-corrected chi connectivity index (χ3v) is 3.99. The third kappa shape index (κ3) is 3.82. The second-order valence-electron chi connectivity index (χ2n) is 5.36. The molecule has 0 unspecified atom stereocenters. The first-order valence-electron chi connectivity index (χ1n) is 6.86. The van der Waals surface area contributed by atoms with Crippen LogP contribution < -0.4 is 5.32 Å². The van der Waals surface area contributed by atoms with E-state index >= 15 is 0 Å². The fourth-order valence-electron chi connectivity index (χ4n) is 2.57. The van der Waals surface area contributed by atoms with E-state index in [0.29, 0.717) is 5.41 Å². The molecular weight excluding hydrogens is 224 g/mol. The van der Waals surface area contributed by atoms with Gasteiger partial charge in [-0.05, 0) is 32.4 Å². The molecule has 18 heavy (non-hydrogen) atoms. The molecule has 0 saturated carbocycles. The maximum absolute atomic E-state index is 4.39. The smallest absolute Gasteiger partial charge is 0.122 e. The van der Waals surface area contributed by atoms with Gasteiger partial charge in [0.1, 0.15) is 5.82 Å². The number of nitrogens with one attached hydrogen (secondary N) is 1. The molecule has 4 heteroatoms. The fourth-order valence-corrected chi connectivity index (χ4v) is 2.57. The number of rotatable bonds is 8. The Balaban J connectivity index is 2.61. The van der Waals surface area contributed by atoms with Crippen molar-refractivity contribution in [1.82, 2.24) is 19.8 Å². The average Bonchev–Trinajstić information content (AvgIpc) is 2.74. The normalized spacial score (nSPS) is 12.3. The highest BCUT2D eigenvalue weighted by Gasteiger charge is 2.27. The topological polar surface area (TPSA) is 33.1 Å². The van der Waals surface area contributed by atoms with Gasteiger partial charge in [-0.15, -0.1) is 0 Å². The van der Waals surface area contributed by atoms with Crippen molar-refractivity contribution in [1.29, 1.82) is 0 Å². The van der Waals surface area contributed by atoms with Crippen LogP contribution in [-0.2, 0) is 13.6 Å². The largest absolute Gasteiger partial charge is 0.337 e. The number of nitrogens with zero attached hydrogens (tertiary/aromatic N) is 3. The molecule has 0 aliphatic heterocycles. The molecule has 4 nitrogen and oxygen atoms in total. The zero-order valence-electron chi connectivity index (χ0n) is 12.5. The van der Waals surface area contributed by atoms with Crippen LogP contribution in [0, 0.1) is 5.41 Å². The van der Waals surface area contributed by atoms with Gasteiger partial charge in [-0.2, -0.15) is 0 Å². The van der Waals surface area contributed by atoms with Crippen LogP contribution in [0.3, 0.4) is 0 Å². The van der Waals surface area contributed by atoms with Crippen LogP contribution in [-0.4, -0.2) is 41.6 Å². The van der Waals surface area contributed by atoms with Crippen molar-refractivity contribution < 1.29 is 0 Å². The summed E-state index contributed by atoms with van der Waals surface area (Å²) in [6.07, 6.45) is 6.28. The van der Waals surface area contributed by atoms with Crippen LogP contribution in [0.2, 0.25) is 0 Å². The molecule has 0 aliphatic rings. The molecule has 1 rings (SSSR count). The number of imidazole rings is 1. The van der Waals surface area contributed by atoms with E-state index in [1.165, 1.54) is 12.8 Å². The van der Waals surface area contributed by atoms with Crippen LogP contribution in [0.25, 0.3) is 0 Å². The molecule has 0 bridgehead atoms. The highest BCUT2D eigenvalue weighted by molar-refractivity contribution is 4.91. The molecule has 0 fully saturated rings. The molecule has 0 spiro atoms. The van der Waals surface area contributed by atoms with Crippen molar-refractivity contribution in [2.45, 2.75) is 33.2 Å². The summed E-state index contributed by atoms with van der Waals surface area (Å²) in [5, 5.41) is 3.34. The predicted molar refractivity (Wildman–Crippen MR) is 76.5 cm³/mol. The van der Waals surface area contributed by atoms with Crippen LogP contribution in [0.15, 0.2) is 12.4 Å². The van der Waals surface area contributed by atoms with Crippen molar-refractivity contribution >= 4 is 0 Å². The summed E-state index contributed by atoms with van der Waals surface area (Å²) < 4.78 is 2.09. The molecule has 1 aromatic rings. The number of aryl methyl sites for hydroxylation is 1. The van der Waals surface area contributed by atoms with E-state index in [1.807, 2.05) is 19.4 Å². The lowest BCUT2D eigenvalue weighted by Gasteiger charge is -2.35. The van der Waals surface area contributed by atoms with Crippen molar-refractivity contribution in [2.75, 3.05) is 27.2 Å². The molecule has 0 amide bonds. The van der Waals surface area contributed by atoms with Crippen LogP contribution in [0.5, 0.6) is 0 Å². The summed E-state index contributed by atoms with van der Waals surface area (Å²) in [6, 6.07) is 0. The molecule has 1 heterocycles. The van der Waals surface area contributed by atoms with Crippen LogP contribution >= 0.6 is 0 Å². The Hall–Kier alpha value is -0.870. The first-order chi connectivity index (χ1) is 8.56. The molecule has 1 N–H and O–H groups in total. The lowest BCUT2D eigenvalue weighted by Crippen LogP contribution is -2.41. The Morgan fingerprint density at radius 1 is 1.39 bits per heavy atom. The third-order valence-electron chi connectivity index (χ3n) is 3.99. The van der Waals surface area contributed by atoms with Gasteiger partial charge in [-0.3, -0.25) is 4.90 Å². The summed E-state index contributed by atoms with van der Waals surface area (Å²) in [5.41, 5.74) is 0.370. The van der Waals surface area contributed by atoms with Gasteiger partial charge in [0.15, 0.2) is 0 Å². The van der Waals surface area contributed by atoms with Gasteiger partial charge in [-0.1, -0.05) is 13.8 Å². The van der Waals surface area contributed by atoms with E-state index in [4.69, 9.17) is 0 Å². The van der Waals surface area contributed by atoms with Crippen molar-refractivity contribution in [3.63, 3.8) is 0 Å². The number of aromatic nitrogens is 2. The fraction of sp³-hybridized carbons (Fsp3) is 0.786. The second kappa shape index (κ2) is 6.90. The van der Waals surface area contributed by atoms with Crippen molar-refractivity contribution in [3.8, 4) is 0 Å². The van der Waals surface area contributed by atoms with Gasteiger partial charge < -0.3 is 9.88 Å². The van der Waals surface area contributed by atoms with E-state index in [9.17, 15) is 0 Å². The summed E-state index contributed by atoms with van der Waals surface area (Å²) in [7, 11) is 6.28. The summed E-state index contributed by atoms with van der Waals surface area (Å²) >= 11 is 0. The van der Waals surface area contributed by atoms with Gasteiger partial charge in [0.05, 0.1) is 6.54 Å². The number of hydrogen-bond acceptors (Lipinski definition) is 3. The first kappa shape index (κ1) is 15.2. The monoisotopic (exact) mass is 252 g/mol. The molecule has 1 aromatic heterocycles. The quantitative estimate of drug-likeness (QED) is 0.767. The maximum Gasteiger partial charge on any atom is 0.122 e. The highest BCUT2D eigenvalue weighted by Crippen LogP contribution is 2.26. The van der Waals surface area contributed by atoms with Crippen LogP contribution in [0.1, 0.15) is 32.5 Å². The minimum absolute atomic E-state index is 0.370. The number of hydrogen-bond donors (Lipinski definition) is 1. The summed E-state index contributed by atoms with van der Waals surface area (Å²) in [4.78, 5) is 6.77. The minimum atomic E-state index is 0.370. The zero-order chi connectivity index (χ0) is 13.6. The van der Waals surface area contributed by atoms with E-state index in [-0.39, 0.29) is 0 Å². The van der Waals surface area contributed by atoms with Crippen molar-refractivity contribution in [2.24, 2.45) is 12.5 Å². The molecule has 104 valence electrons. The van der Waals surface area contributed by atoms with E-state index < -0.39 is 0 Å². The Labute approximate surface area is 111 Å². The van der Waals surface area contributed by atoms with E-state index in [0.717, 1.165) is 25.5 Å². The Bertz CT molecular complexity index is 341. The maximum atomic E-state index is 4.39. The Morgan fingerprint density at radius 3 is 2.50 bits per heavy atom. The van der Waals surface area contributed by atoms with E-state index in [1.54, 1.807) is 0 Å². The first-order valence-corrected chi connectivity index (χ1v) is 6.86.